The monoisotopic (exact) mass is 747 g/mol. The van der Waals surface area contributed by atoms with Crippen LogP contribution in [-0.2, 0) is 5.41 Å². The first kappa shape index (κ1) is 33.7. The summed E-state index contributed by atoms with van der Waals surface area (Å²) < 4.78 is 6.63. The molecule has 2 nitrogen and oxygen atoms in total. The third-order valence-corrected chi connectivity index (χ3v) is 14.2. The van der Waals surface area contributed by atoms with Crippen molar-refractivity contribution in [3.63, 3.8) is 0 Å². The molecule has 2 fully saturated rings. The van der Waals surface area contributed by atoms with Crippen molar-refractivity contribution in [1.29, 1.82) is 0 Å². The predicted molar refractivity (Wildman–Crippen MR) is 243 cm³/mol. The van der Waals surface area contributed by atoms with Crippen LogP contribution in [0.5, 0.6) is 0 Å². The fourth-order valence-electron chi connectivity index (χ4n) is 11.4. The van der Waals surface area contributed by atoms with Crippen molar-refractivity contribution in [3.8, 4) is 33.4 Å². The minimum absolute atomic E-state index is 0.109. The number of hydrogen-bond acceptors (Lipinski definition) is 2. The van der Waals surface area contributed by atoms with E-state index < -0.39 is 0 Å². The summed E-state index contributed by atoms with van der Waals surface area (Å²) in [5, 5.41) is 5.05. The second-order valence-corrected chi connectivity index (χ2v) is 17.6. The van der Waals surface area contributed by atoms with Crippen molar-refractivity contribution in [3.05, 3.63) is 187 Å². The molecule has 12 rings (SSSR count). The van der Waals surface area contributed by atoms with E-state index in [2.05, 4.69) is 189 Å². The van der Waals surface area contributed by atoms with Gasteiger partial charge in [-0.2, -0.15) is 0 Å². The fourth-order valence-corrected chi connectivity index (χ4v) is 11.4. The molecule has 9 aromatic rings. The van der Waals surface area contributed by atoms with Crippen LogP contribution in [0, 0.1) is 11.8 Å². The Morgan fingerprint density at radius 3 is 1.95 bits per heavy atom. The van der Waals surface area contributed by atoms with E-state index in [-0.39, 0.29) is 5.41 Å². The average molecular weight is 748 g/mol. The molecule has 1 heterocycles. The van der Waals surface area contributed by atoms with Gasteiger partial charge in [-0.3, -0.25) is 0 Å². The van der Waals surface area contributed by atoms with E-state index in [0.717, 1.165) is 40.1 Å². The quantitative estimate of drug-likeness (QED) is 0.168. The zero-order valence-corrected chi connectivity index (χ0v) is 33.1. The van der Waals surface area contributed by atoms with Crippen LogP contribution >= 0.6 is 0 Å². The van der Waals surface area contributed by atoms with Crippen molar-refractivity contribution in [2.45, 2.75) is 50.9 Å². The molecule has 280 valence electrons. The number of rotatable bonds is 6. The Bertz CT molecular complexity index is 3050. The zero-order valence-electron chi connectivity index (χ0n) is 33.1. The van der Waals surface area contributed by atoms with Crippen molar-refractivity contribution in [2.75, 3.05) is 4.90 Å². The molecule has 0 radical (unpaired) electrons. The minimum atomic E-state index is -0.109. The predicted octanol–water partition coefficient (Wildman–Crippen LogP) is 15.8. The molecule has 58 heavy (non-hydrogen) atoms. The summed E-state index contributed by atoms with van der Waals surface area (Å²) in [6, 6.07) is 63.0. The lowest BCUT2D eigenvalue weighted by Gasteiger charge is -2.28. The molecule has 3 unspecified atom stereocenters. The molecule has 2 saturated carbocycles. The number of hydrogen-bond donors (Lipinski definition) is 0. The first-order valence-corrected chi connectivity index (χ1v) is 21.2. The molecular formula is C56H45NO. The molecule has 0 saturated heterocycles. The Hall–Kier alpha value is -6.38. The van der Waals surface area contributed by atoms with Crippen LogP contribution < -0.4 is 4.90 Å². The SMILES string of the molecule is CC1(C)c2ccccc2-c2ccc(N(c3ccc(-c4cccc5cccc(-c6ccccc6)c45)cc3)c3ccc4oc5cccc(C6CC7CCC6C7)c5c4c3)cc21. The van der Waals surface area contributed by atoms with Crippen molar-refractivity contribution in [2.24, 2.45) is 11.8 Å². The van der Waals surface area contributed by atoms with Crippen LogP contribution in [0.2, 0.25) is 0 Å². The van der Waals surface area contributed by atoms with Gasteiger partial charge in [-0.15, -0.1) is 0 Å². The van der Waals surface area contributed by atoms with Crippen LogP contribution in [0.3, 0.4) is 0 Å². The van der Waals surface area contributed by atoms with E-state index in [1.54, 1.807) is 0 Å². The molecule has 8 aromatic carbocycles. The van der Waals surface area contributed by atoms with E-state index in [0.29, 0.717) is 5.92 Å². The second kappa shape index (κ2) is 12.8. The van der Waals surface area contributed by atoms with Gasteiger partial charge in [0.05, 0.1) is 0 Å². The van der Waals surface area contributed by atoms with Crippen LogP contribution in [0.1, 0.15) is 62.1 Å². The lowest BCUT2D eigenvalue weighted by atomic mass is 9.82. The van der Waals surface area contributed by atoms with Gasteiger partial charge >= 0.3 is 0 Å². The summed E-state index contributed by atoms with van der Waals surface area (Å²) in [5.74, 6) is 2.29. The highest BCUT2D eigenvalue weighted by atomic mass is 16.3. The molecule has 2 heteroatoms. The van der Waals surface area contributed by atoms with Gasteiger partial charge < -0.3 is 9.32 Å². The Balaban J connectivity index is 1.03. The minimum Gasteiger partial charge on any atom is -0.456 e. The Morgan fingerprint density at radius 2 is 1.17 bits per heavy atom. The first-order valence-electron chi connectivity index (χ1n) is 21.2. The molecule has 1 aromatic heterocycles. The highest BCUT2D eigenvalue weighted by molar-refractivity contribution is 6.09. The van der Waals surface area contributed by atoms with Gasteiger partial charge in [0.15, 0.2) is 0 Å². The molecule has 3 aliphatic rings. The number of nitrogens with zero attached hydrogens (tertiary/aromatic N) is 1. The van der Waals surface area contributed by atoms with Gasteiger partial charge in [-0.05, 0) is 146 Å². The molecule has 0 N–H and O–H groups in total. The normalized spacial score (nSPS) is 18.9. The zero-order chi connectivity index (χ0) is 38.5. The van der Waals surface area contributed by atoms with Crippen LogP contribution in [0.15, 0.2) is 174 Å². The average Bonchev–Trinajstić information content (AvgIpc) is 4.05. The van der Waals surface area contributed by atoms with E-state index >= 15 is 0 Å². The van der Waals surface area contributed by atoms with Gasteiger partial charge in [-0.1, -0.05) is 142 Å². The first-order chi connectivity index (χ1) is 28.5. The molecule has 0 spiro atoms. The van der Waals surface area contributed by atoms with E-state index in [1.807, 2.05) is 0 Å². The highest BCUT2D eigenvalue weighted by Crippen LogP contribution is 2.55. The molecular weight excluding hydrogens is 703 g/mol. The standard InChI is InChI=1S/C56H45NO/c1-56(2)50-19-7-6-15-45(50)46-29-27-42(34-51(46)56)57(41-28-30-52-49(33-41)55-47(18-10-20-53(55)58-52)48-32-35-21-22-39(48)31-35)40-25-23-37(24-26-40)44-17-9-14-38-13-8-16-43(54(38)44)36-11-4-3-5-12-36/h3-20,23-30,33-35,39,48H,21-22,31-32H2,1-2H3. The number of furan rings is 1. The third-order valence-electron chi connectivity index (χ3n) is 14.2. The summed E-state index contributed by atoms with van der Waals surface area (Å²) in [6.07, 6.45) is 5.46. The van der Waals surface area contributed by atoms with Crippen LogP contribution in [0.4, 0.5) is 17.1 Å². The van der Waals surface area contributed by atoms with E-state index in [1.165, 1.54) is 97.3 Å². The largest absolute Gasteiger partial charge is 0.456 e. The van der Waals surface area contributed by atoms with Gasteiger partial charge in [0.1, 0.15) is 11.2 Å². The third kappa shape index (κ3) is 5.10. The van der Waals surface area contributed by atoms with Gasteiger partial charge in [0, 0.05) is 33.2 Å². The second-order valence-electron chi connectivity index (χ2n) is 17.6. The van der Waals surface area contributed by atoms with Crippen molar-refractivity contribution in [1.82, 2.24) is 0 Å². The van der Waals surface area contributed by atoms with Crippen molar-refractivity contribution >= 4 is 49.8 Å². The van der Waals surface area contributed by atoms with Crippen molar-refractivity contribution < 1.29 is 4.42 Å². The Kier molecular flexibility index (Phi) is 7.45. The molecule has 2 bridgehead atoms. The lowest BCUT2D eigenvalue weighted by molar-refractivity contribution is 0.422. The maximum Gasteiger partial charge on any atom is 0.135 e. The maximum atomic E-state index is 6.63. The maximum absolute atomic E-state index is 6.63. The number of benzene rings is 8. The Morgan fingerprint density at radius 1 is 0.500 bits per heavy atom. The summed E-state index contributed by atoms with van der Waals surface area (Å²) in [4.78, 5) is 2.46. The summed E-state index contributed by atoms with van der Waals surface area (Å²) in [6.45, 7) is 4.74. The van der Waals surface area contributed by atoms with Gasteiger partial charge in [0.2, 0.25) is 0 Å². The summed E-state index contributed by atoms with van der Waals surface area (Å²) in [7, 11) is 0. The van der Waals surface area contributed by atoms with E-state index in [9.17, 15) is 0 Å². The van der Waals surface area contributed by atoms with Crippen LogP contribution in [-0.4, -0.2) is 0 Å². The van der Waals surface area contributed by atoms with Crippen LogP contribution in [0.25, 0.3) is 66.1 Å². The summed E-state index contributed by atoms with van der Waals surface area (Å²) >= 11 is 0. The van der Waals surface area contributed by atoms with E-state index in [4.69, 9.17) is 4.42 Å². The van der Waals surface area contributed by atoms with Gasteiger partial charge in [-0.25, -0.2) is 0 Å². The lowest BCUT2D eigenvalue weighted by Crippen LogP contribution is -2.16. The van der Waals surface area contributed by atoms with Gasteiger partial charge in [0.25, 0.3) is 0 Å². The number of anilines is 3. The molecule has 0 amide bonds. The fraction of sp³-hybridized carbons (Fsp3) is 0.179. The molecule has 0 aliphatic heterocycles. The summed E-state index contributed by atoms with van der Waals surface area (Å²) in [5.41, 5.74) is 17.1. The highest BCUT2D eigenvalue weighted by Gasteiger charge is 2.41. The Labute approximate surface area is 340 Å². The number of fused-ring (bicyclic) bond motifs is 9. The molecule has 3 atom stereocenters. The smallest absolute Gasteiger partial charge is 0.135 e. The topological polar surface area (TPSA) is 16.4 Å². The molecule has 3 aliphatic carbocycles.